The number of methoxy groups -OCH3 is 1. The SMILES string of the molecule is COC1CC(C(=O)O)N(C(=O)c2cc(Br)ccc2Cl)C1. The summed E-state index contributed by atoms with van der Waals surface area (Å²) in [6, 6.07) is 4.01. The van der Waals surface area contributed by atoms with Gasteiger partial charge in [-0.1, -0.05) is 27.5 Å². The Balaban J connectivity index is 2.31. The highest BCUT2D eigenvalue weighted by atomic mass is 79.9. The molecule has 1 aromatic carbocycles. The predicted octanol–water partition coefficient (Wildman–Crippen LogP) is 2.42. The molecule has 1 saturated heterocycles. The van der Waals surface area contributed by atoms with E-state index >= 15 is 0 Å². The highest BCUT2D eigenvalue weighted by Gasteiger charge is 2.40. The number of halogens is 2. The lowest BCUT2D eigenvalue weighted by molar-refractivity contribution is -0.141. The average molecular weight is 363 g/mol. The van der Waals surface area contributed by atoms with Crippen molar-refractivity contribution < 1.29 is 19.4 Å². The van der Waals surface area contributed by atoms with Crippen molar-refractivity contribution in [3.63, 3.8) is 0 Å². The molecule has 1 aliphatic heterocycles. The first-order chi connectivity index (χ1) is 9.43. The summed E-state index contributed by atoms with van der Waals surface area (Å²) in [6.45, 7) is 0.245. The van der Waals surface area contributed by atoms with Gasteiger partial charge in [0.05, 0.1) is 16.7 Å². The second-order valence-corrected chi connectivity index (χ2v) is 5.85. The van der Waals surface area contributed by atoms with E-state index < -0.39 is 17.9 Å². The fourth-order valence-electron chi connectivity index (χ4n) is 2.24. The van der Waals surface area contributed by atoms with Crippen LogP contribution in [-0.4, -0.2) is 47.7 Å². The minimum absolute atomic E-state index is 0.245. The normalized spacial score (nSPS) is 22.1. The summed E-state index contributed by atoms with van der Waals surface area (Å²) >= 11 is 9.29. The molecule has 0 spiro atoms. The topological polar surface area (TPSA) is 66.8 Å². The first kappa shape index (κ1) is 15.3. The molecular formula is C13H13BrClNO4. The van der Waals surface area contributed by atoms with Gasteiger partial charge in [0.25, 0.3) is 5.91 Å². The molecule has 2 rings (SSSR count). The van der Waals surface area contributed by atoms with Crippen molar-refractivity contribution in [2.75, 3.05) is 13.7 Å². The summed E-state index contributed by atoms with van der Waals surface area (Å²) < 4.78 is 5.87. The van der Waals surface area contributed by atoms with Crippen LogP contribution in [0.1, 0.15) is 16.8 Å². The molecular weight excluding hydrogens is 350 g/mol. The molecule has 1 N–H and O–H groups in total. The number of benzene rings is 1. The Hall–Kier alpha value is -1.11. The number of amides is 1. The van der Waals surface area contributed by atoms with Crippen LogP contribution in [0.2, 0.25) is 5.02 Å². The van der Waals surface area contributed by atoms with Gasteiger partial charge in [0, 0.05) is 24.5 Å². The van der Waals surface area contributed by atoms with Gasteiger partial charge in [-0.15, -0.1) is 0 Å². The summed E-state index contributed by atoms with van der Waals surface area (Å²) in [4.78, 5) is 25.1. The van der Waals surface area contributed by atoms with Crippen molar-refractivity contribution in [3.8, 4) is 0 Å². The maximum absolute atomic E-state index is 12.5. The van der Waals surface area contributed by atoms with Crippen molar-refractivity contribution in [1.29, 1.82) is 0 Å². The molecule has 0 bridgehead atoms. The van der Waals surface area contributed by atoms with E-state index in [1.54, 1.807) is 18.2 Å². The lowest BCUT2D eigenvalue weighted by atomic mass is 10.1. The maximum atomic E-state index is 12.5. The van der Waals surface area contributed by atoms with E-state index in [-0.39, 0.29) is 24.6 Å². The van der Waals surface area contributed by atoms with Crippen LogP contribution in [0, 0.1) is 0 Å². The number of carbonyl (C=O) groups excluding carboxylic acids is 1. The molecule has 2 unspecified atom stereocenters. The van der Waals surface area contributed by atoms with E-state index in [0.717, 1.165) is 0 Å². The first-order valence-electron chi connectivity index (χ1n) is 5.95. The smallest absolute Gasteiger partial charge is 0.326 e. The number of likely N-dealkylation sites (tertiary alicyclic amines) is 1. The van der Waals surface area contributed by atoms with Crippen LogP contribution in [0.15, 0.2) is 22.7 Å². The number of ether oxygens (including phenoxy) is 1. The van der Waals surface area contributed by atoms with Crippen LogP contribution in [0.25, 0.3) is 0 Å². The summed E-state index contributed by atoms with van der Waals surface area (Å²) in [5.41, 5.74) is 0.282. The van der Waals surface area contributed by atoms with E-state index in [1.165, 1.54) is 12.0 Å². The van der Waals surface area contributed by atoms with Crippen molar-refractivity contribution >= 4 is 39.4 Å². The third-order valence-electron chi connectivity index (χ3n) is 3.30. The van der Waals surface area contributed by atoms with Crippen LogP contribution in [0.4, 0.5) is 0 Å². The van der Waals surface area contributed by atoms with Crippen LogP contribution in [0.3, 0.4) is 0 Å². The second kappa shape index (κ2) is 6.11. The van der Waals surface area contributed by atoms with E-state index in [9.17, 15) is 14.7 Å². The van der Waals surface area contributed by atoms with Crippen molar-refractivity contribution in [3.05, 3.63) is 33.3 Å². The molecule has 108 valence electrons. The predicted molar refractivity (Wildman–Crippen MR) is 77.0 cm³/mol. The number of aliphatic carboxylic acids is 1. The second-order valence-electron chi connectivity index (χ2n) is 4.53. The molecule has 1 amide bonds. The highest BCUT2D eigenvalue weighted by molar-refractivity contribution is 9.10. The Morgan fingerprint density at radius 1 is 1.50 bits per heavy atom. The number of hydrogen-bond donors (Lipinski definition) is 1. The summed E-state index contributed by atoms with van der Waals surface area (Å²) in [6.07, 6.45) is 0.00871. The molecule has 1 heterocycles. The van der Waals surface area contributed by atoms with Gasteiger partial charge >= 0.3 is 5.97 Å². The van der Waals surface area contributed by atoms with Gasteiger partial charge in [-0.05, 0) is 18.2 Å². The first-order valence-corrected chi connectivity index (χ1v) is 7.12. The third-order valence-corrected chi connectivity index (χ3v) is 4.12. The van der Waals surface area contributed by atoms with Gasteiger partial charge in [-0.3, -0.25) is 4.79 Å². The zero-order valence-corrected chi connectivity index (χ0v) is 13.0. The van der Waals surface area contributed by atoms with E-state index in [2.05, 4.69) is 15.9 Å². The number of carboxylic acids is 1. The largest absolute Gasteiger partial charge is 0.480 e. The van der Waals surface area contributed by atoms with Gasteiger partial charge in [0.1, 0.15) is 6.04 Å². The lowest BCUT2D eigenvalue weighted by Gasteiger charge is -2.21. The minimum atomic E-state index is -1.04. The van der Waals surface area contributed by atoms with Crippen LogP contribution in [-0.2, 0) is 9.53 Å². The molecule has 1 aliphatic rings. The monoisotopic (exact) mass is 361 g/mol. The molecule has 5 nitrogen and oxygen atoms in total. The van der Waals surface area contributed by atoms with Crippen LogP contribution < -0.4 is 0 Å². The summed E-state index contributed by atoms with van der Waals surface area (Å²) in [7, 11) is 1.50. The standard InChI is InChI=1S/C13H13BrClNO4/c1-20-8-5-11(13(18)19)16(6-8)12(17)9-4-7(14)2-3-10(9)15/h2-4,8,11H,5-6H2,1H3,(H,18,19). The Morgan fingerprint density at radius 3 is 2.80 bits per heavy atom. The van der Waals surface area contributed by atoms with Crippen molar-refractivity contribution in [2.45, 2.75) is 18.6 Å². The van der Waals surface area contributed by atoms with E-state index in [4.69, 9.17) is 16.3 Å². The molecule has 20 heavy (non-hydrogen) atoms. The molecule has 2 atom stereocenters. The van der Waals surface area contributed by atoms with Crippen LogP contribution >= 0.6 is 27.5 Å². The highest BCUT2D eigenvalue weighted by Crippen LogP contribution is 2.27. The van der Waals surface area contributed by atoms with E-state index in [1.807, 2.05) is 0 Å². The maximum Gasteiger partial charge on any atom is 0.326 e. The number of carboxylic acid groups (broad SMARTS) is 1. The number of nitrogens with zero attached hydrogens (tertiary/aromatic N) is 1. The van der Waals surface area contributed by atoms with Crippen molar-refractivity contribution in [2.24, 2.45) is 0 Å². The molecule has 0 saturated carbocycles. The summed E-state index contributed by atoms with van der Waals surface area (Å²) in [5, 5.41) is 9.52. The number of carbonyl (C=O) groups is 2. The van der Waals surface area contributed by atoms with Gasteiger partial charge in [-0.25, -0.2) is 4.79 Å². The Morgan fingerprint density at radius 2 is 2.20 bits per heavy atom. The fraction of sp³-hybridized carbons (Fsp3) is 0.385. The van der Waals surface area contributed by atoms with Gasteiger partial charge in [-0.2, -0.15) is 0 Å². The molecule has 1 fully saturated rings. The lowest BCUT2D eigenvalue weighted by Crippen LogP contribution is -2.40. The molecule has 0 aliphatic carbocycles. The summed E-state index contributed by atoms with van der Waals surface area (Å²) in [5.74, 6) is -1.44. The van der Waals surface area contributed by atoms with Gasteiger partial charge in [0.15, 0.2) is 0 Å². The minimum Gasteiger partial charge on any atom is -0.480 e. The Kier molecular flexibility index (Phi) is 4.67. The zero-order chi connectivity index (χ0) is 14.9. The van der Waals surface area contributed by atoms with Crippen LogP contribution in [0.5, 0.6) is 0 Å². The van der Waals surface area contributed by atoms with Gasteiger partial charge < -0.3 is 14.7 Å². The molecule has 7 heteroatoms. The molecule has 0 radical (unpaired) electrons. The van der Waals surface area contributed by atoms with E-state index in [0.29, 0.717) is 9.50 Å². The zero-order valence-electron chi connectivity index (χ0n) is 10.7. The third kappa shape index (κ3) is 2.97. The molecule has 0 aromatic heterocycles. The van der Waals surface area contributed by atoms with Gasteiger partial charge in [0.2, 0.25) is 0 Å². The quantitative estimate of drug-likeness (QED) is 0.897. The Labute approximate surface area is 129 Å². The molecule has 1 aromatic rings. The van der Waals surface area contributed by atoms with Crippen molar-refractivity contribution in [1.82, 2.24) is 4.90 Å². The number of hydrogen-bond acceptors (Lipinski definition) is 3. The number of rotatable bonds is 3. The Bertz CT molecular complexity index is 551. The fourth-order valence-corrected chi connectivity index (χ4v) is 2.80. The average Bonchev–Trinajstić information content (AvgIpc) is 2.85.